The summed E-state index contributed by atoms with van der Waals surface area (Å²) in [6.45, 7) is 8.82. The Morgan fingerprint density at radius 3 is 2.50 bits per heavy atom. The third kappa shape index (κ3) is 3.82. The average Bonchev–Trinajstić information content (AvgIpc) is 2.42. The van der Waals surface area contributed by atoms with Gasteiger partial charge in [-0.1, -0.05) is 29.8 Å². The van der Waals surface area contributed by atoms with E-state index >= 15 is 0 Å². The summed E-state index contributed by atoms with van der Waals surface area (Å²) in [5.74, 6) is 0. The van der Waals surface area contributed by atoms with Crippen LogP contribution in [-0.4, -0.2) is 53.2 Å². The molecule has 0 aliphatic carbocycles. The molecule has 0 spiro atoms. The van der Waals surface area contributed by atoms with Crippen molar-refractivity contribution in [3.05, 3.63) is 22.6 Å². The van der Waals surface area contributed by atoms with Gasteiger partial charge >= 0.3 is 0 Å². The van der Waals surface area contributed by atoms with Crippen molar-refractivity contribution in [3.63, 3.8) is 0 Å². The van der Waals surface area contributed by atoms with Gasteiger partial charge in [0.1, 0.15) is 0 Å². The first-order valence-electron chi connectivity index (χ1n) is 6.98. The number of alkyl halides is 1. The highest BCUT2D eigenvalue weighted by Gasteiger charge is 2.19. The zero-order valence-electron chi connectivity index (χ0n) is 12.5. The van der Waals surface area contributed by atoms with Gasteiger partial charge in [0.15, 0.2) is 0 Å². The van der Waals surface area contributed by atoms with E-state index in [0.717, 1.165) is 37.2 Å². The van der Waals surface area contributed by atoms with E-state index in [1.807, 2.05) is 6.20 Å². The van der Waals surface area contributed by atoms with Crippen LogP contribution >= 0.6 is 15.9 Å². The third-order valence-electron chi connectivity index (χ3n) is 3.66. The maximum Gasteiger partial charge on any atom is 0.268 e. The van der Waals surface area contributed by atoms with Crippen LogP contribution in [0.25, 0.3) is 0 Å². The maximum atomic E-state index is 12.2. The number of anilines is 1. The second-order valence-electron chi connectivity index (χ2n) is 6.30. The monoisotopic (exact) mass is 342 g/mol. The number of piperazine rings is 1. The van der Waals surface area contributed by atoms with Crippen LogP contribution in [0.1, 0.15) is 13.8 Å². The Kier molecular flexibility index (Phi) is 4.86. The van der Waals surface area contributed by atoms with E-state index < -0.39 is 0 Å². The molecule has 2 rings (SSSR count). The first kappa shape index (κ1) is 15.5. The van der Waals surface area contributed by atoms with Gasteiger partial charge in [-0.3, -0.25) is 4.79 Å². The van der Waals surface area contributed by atoms with E-state index in [9.17, 15) is 4.79 Å². The van der Waals surface area contributed by atoms with E-state index in [4.69, 9.17) is 0 Å². The van der Waals surface area contributed by atoms with Crippen molar-refractivity contribution in [1.29, 1.82) is 0 Å². The first-order chi connectivity index (χ1) is 9.41. The van der Waals surface area contributed by atoms with Crippen LogP contribution in [-0.2, 0) is 6.54 Å². The van der Waals surface area contributed by atoms with E-state index in [2.05, 4.69) is 51.7 Å². The second kappa shape index (κ2) is 6.26. The fraction of sp³-hybridized carbons (Fsp3) is 0.714. The summed E-state index contributed by atoms with van der Waals surface area (Å²) in [6.07, 6.45) is 1.82. The minimum absolute atomic E-state index is 0.0181. The predicted octanol–water partition coefficient (Wildman–Crippen LogP) is 1.42. The molecule has 0 aromatic carbocycles. The van der Waals surface area contributed by atoms with E-state index in [1.165, 1.54) is 0 Å². The largest absolute Gasteiger partial charge is 0.368 e. The molecule has 1 fully saturated rings. The number of rotatable bonds is 4. The molecule has 0 atom stereocenters. The van der Waals surface area contributed by atoms with Gasteiger partial charge in [-0.2, -0.15) is 5.10 Å². The van der Waals surface area contributed by atoms with Crippen LogP contribution in [0.4, 0.5) is 5.69 Å². The van der Waals surface area contributed by atoms with Crippen LogP contribution in [0.5, 0.6) is 0 Å². The Bertz CT molecular complexity index is 506. The number of hydrogen-bond acceptors (Lipinski definition) is 4. The summed E-state index contributed by atoms with van der Waals surface area (Å²) in [7, 11) is 2.12. The lowest BCUT2D eigenvalue weighted by molar-refractivity contribution is 0.311. The Hall–Kier alpha value is -0.880. The average molecular weight is 343 g/mol. The fourth-order valence-corrected chi connectivity index (χ4v) is 2.41. The number of nitrogens with zero attached hydrogens (tertiary/aromatic N) is 4. The molecule has 112 valence electrons. The van der Waals surface area contributed by atoms with Gasteiger partial charge in [-0.25, -0.2) is 4.68 Å². The highest BCUT2D eigenvalue weighted by atomic mass is 79.9. The maximum absolute atomic E-state index is 12.2. The standard InChI is InChI=1S/C14H23BrN4O/c1-14(2,10-15)11-19-13(20)8-12(9-16-19)18-6-4-17(3)5-7-18/h8-9H,4-7,10-11H2,1-3H3. The van der Waals surface area contributed by atoms with Crippen LogP contribution < -0.4 is 10.5 Å². The summed E-state index contributed by atoms with van der Waals surface area (Å²) >= 11 is 3.48. The number of halogens is 1. The van der Waals surface area contributed by atoms with Crippen molar-refractivity contribution in [2.45, 2.75) is 20.4 Å². The van der Waals surface area contributed by atoms with Gasteiger partial charge in [0.05, 0.1) is 18.4 Å². The SMILES string of the molecule is CN1CCN(c2cnn(CC(C)(C)CBr)c(=O)c2)CC1. The molecule has 0 saturated carbocycles. The van der Waals surface area contributed by atoms with Gasteiger partial charge in [0.2, 0.25) is 0 Å². The minimum Gasteiger partial charge on any atom is -0.368 e. The number of likely N-dealkylation sites (N-methyl/N-ethyl adjacent to an activating group) is 1. The first-order valence-corrected chi connectivity index (χ1v) is 8.10. The molecule has 0 unspecified atom stereocenters. The summed E-state index contributed by atoms with van der Waals surface area (Å²) < 4.78 is 1.56. The predicted molar refractivity (Wildman–Crippen MR) is 85.8 cm³/mol. The normalized spacial score (nSPS) is 17.5. The van der Waals surface area contributed by atoms with Crippen molar-refractivity contribution < 1.29 is 0 Å². The lowest BCUT2D eigenvalue weighted by Gasteiger charge is -2.33. The quantitative estimate of drug-likeness (QED) is 0.776. The Balaban J connectivity index is 2.12. The summed E-state index contributed by atoms with van der Waals surface area (Å²) in [5, 5.41) is 5.18. The van der Waals surface area contributed by atoms with Crippen LogP contribution in [0.3, 0.4) is 0 Å². The van der Waals surface area contributed by atoms with E-state index in [1.54, 1.807) is 10.7 Å². The molecule has 1 aliphatic heterocycles. The van der Waals surface area contributed by atoms with Gasteiger partial charge in [-0.05, 0) is 12.5 Å². The second-order valence-corrected chi connectivity index (χ2v) is 6.86. The lowest BCUT2D eigenvalue weighted by atomic mass is 9.97. The van der Waals surface area contributed by atoms with Crippen molar-refractivity contribution in [2.24, 2.45) is 5.41 Å². The highest BCUT2D eigenvalue weighted by Crippen LogP contribution is 2.20. The molecule has 0 bridgehead atoms. The molecule has 5 nitrogen and oxygen atoms in total. The molecule has 1 aromatic heterocycles. The minimum atomic E-state index is -0.0181. The summed E-state index contributed by atoms with van der Waals surface area (Å²) in [6, 6.07) is 1.71. The summed E-state index contributed by atoms with van der Waals surface area (Å²) in [4.78, 5) is 16.7. The van der Waals surface area contributed by atoms with Gasteiger partial charge in [-0.15, -0.1) is 0 Å². The van der Waals surface area contributed by atoms with Gasteiger partial charge < -0.3 is 9.80 Å². The van der Waals surface area contributed by atoms with Gasteiger partial charge in [0.25, 0.3) is 5.56 Å². The zero-order chi connectivity index (χ0) is 14.8. The molecule has 1 aromatic rings. The lowest BCUT2D eigenvalue weighted by Crippen LogP contribution is -2.45. The van der Waals surface area contributed by atoms with Crippen molar-refractivity contribution >= 4 is 21.6 Å². The molecular weight excluding hydrogens is 320 g/mol. The Morgan fingerprint density at radius 2 is 1.95 bits per heavy atom. The van der Waals surface area contributed by atoms with E-state index in [-0.39, 0.29) is 11.0 Å². The topological polar surface area (TPSA) is 41.4 Å². The molecule has 0 radical (unpaired) electrons. The smallest absolute Gasteiger partial charge is 0.268 e. The molecule has 6 heteroatoms. The van der Waals surface area contributed by atoms with Crippen molar-refractivity contribution in [2.75, 3.05) is 43.5 Å². The molecular formula is C14H23BrN4O. The molecule has 20 heavy (non-hydrogen) atoms. The molecule has 0 N–H and O–H groups in total. The van der Waals surface area contributed by atoms with Crippen LogP contribution in [0.15, 0.2) is 17.1 Å². The van der Waals surface area contributed by atoms with Crippen LogP contribution in [0, 0.1) is 5.41 Å². The van der Waals surface area contributed by atoms with E-state index in [0.29, 0.717) is 6.54 Å². The van der Waals surface area contributed by atoms with Crippen molar-refractivity contribution in [1.82, 2.24) is 14.7 Å². The Morgan fingerprint density at radius 1 is 1.30 bits per heavy atom. The molecule has 0 amide bonds. The number of hydrogen-bond donors (Lipinski definition) is 0. The highest BCUT2D eigenvalue weighted by molar-refractivity contribution is 9.09. The molecule has 1 aliphatic rings. The van der Waals surface area contributed by atoms with Crippen molar-refractivity contribution in [3.8, 4) is 0 Å². The molecule has 2 heterocycles. The van der Waals surface area contributed by atoms with Crippen LogP contribution in [0.2, 0.25) is 0 Å². The Labute approximate surface area is 128 Å². The zero-order valence-corrected chi connectivity index (χ0v) is 14.1. The fourth-order valence-electron chi connectivity index (χ4n) is 2.23. The number of aromatic nitrogens is 2. The summed E-state index contributed by atoms with van der Waals surface area (Å²) in [5.41, 5.74) is 0.943. The molecule has 1 saturated heterocycles. The van der Waals surface area contributed by atoms with Gasteiger partial charge in [0, 0.05) is 37.6 Å². The third-order valence-corrected chi connectivity index (χ3v) is 5.18.